The Bertz CT molecular complexity index is 3000. The third kappa shape index (κ3) is 10.2. The molecule has 0 saturated heterocycles. The molecule has 11 nitrogen and oxygen atoms in total. The summed E-state index contributed by atoms with van der Waals surface area (Å²) in [6.07, 6.45) is 9.52. The number of allylic oxidation sites excluding steroid dienone is 3. The highest BCUT2D eigenvalue weighted by Gasteiger charge is 2.52. The van der Waals surface area contributed by atoms with E-state index in [2.05, 4.69) is 34.3 Å². The van der Waals surface area contributed by atoms with Gasteiger partial charge in [0, 0.05) is 17.2 Å². The Hall–Kier alpha value is -7.40. The summed E-state index contributed by atoms with van der Waals surface area (Å²) in [5.41, 5.74) is 2.96. The number of hydrogen-bond acceptors (Lipinski definition) is 11. The van der Waals surface area contributed by atoms with Gasteiger partial charge >= 0.3 is 17.9 Å². The SMILES string of the molecule is C=C1CC[C@H]2C(C)(C)CCC[C@]2(C)[C@H]1CC/C(C)=C/Cc1c(OC(=O)c2ccc(OC)cc2)cc2oc(-c3ccc(OC)cc3)c(OC(=O)c3ccccc3)c(=O)c2c1OC(=O)c1ccc(OC)cc1. The largest absolute Gasteiger partial charge is 0.497 e. The molecule has 362 valence electrons. The fourth-order valence-corrected chi connectivity index (χ4v) is 10.8. The Kier molecular flexibility index (Phi) is 14.5. The molecule has 11 heteroatoms. The van der Waals surface area contributed by atoms with E-state index in [4.69, 9.17) is 32.8 Å². The Labute approximate surface area is 409 Å². The summed E-state index contributed by atoms with van der Waals surface area (Å²) in [5, 5.41) is -0.210. The standard InChI is InChI=1S/C59H60O11/c1-36(16-31-46-37(2)17-32-49-58(3,4)33-12-34-59(46,49)5)15-30-45-47(68-55(61)40-20-26-43(65-7)27-21-40)35-48-50(53(45)69-57(63)41-22-28-44(66-8)29-23-41)51(60)54(70-56(62)39-13-10-9-11-14-39)52(67-48)38-18-24-42(64-6)25-19-38/h9-11,13-15,18-29,35,46,49H,2,12,16-17,30-34H2,1,3-8H3/b36-15+/t46-,49-,59+/m0/s1. The summed E-state index contributed by atoms with van der Waals surface area (Å²) < 4.78 is 41.2. The lowest BCUT2D eigenvalue weighted by Gasteiger charge is -2.58. The molecule has 3 atom stereocenters. The van der Waals surface area contributed by atoms with Crippen molar-refractivity contribution in [2.24, 2.45) is 22.7 Å². The minimum absolute atomic E-state index is 0.0202. The molecule has 0 bridgehead atoms. The Morgan fingerprint density at radius 1 is 0.714 bits per heavy atom. The van der Waals surface area contributed by atoms with E-state index < -0.39 is 29.1 Å². The normalized spacial score (nSPS) is 18.6. The minimum Gasteiger partial charge on any atom is -0.497 e. The number of fused-ring (bicyclic) bond motifs is 2. The second-order valence-corrected chi connectivity index (χ2v) is 19.3. The lowest BCUT2D eigenvalue weighted by molar-refractivity contribution is -0.0539. The van der Waals surface area contributed by atoms with E-state index in [9.17, 15) is 14.4 Å². The number of rotatable bonds is 15. The number of ether oxygens (including phenoxy) is 6. The highest BCUT2D eigenvalue weighted by molar-refractivity contribution is 5.99. The maximum Gasteiger partial charge on any atom is 0.343 e. The summed E-state index contributed by atoms with van der Waals surface area (Å²) in [6.45, 7) is 14.0. The molecule has 8 rings (SSSR count). The van der Waals surface area contributed by atoms with Crippen molar-refractivity contribution in [1.82, 2.24) is 0 Å². The van der Waals surface area contributed by atoms with E-state index in [0.717, 1.165) is 31.3 Å². The van der Waals surface area contributed by atoms with Crippen LogP contribution in [0.4, 0.5) is 0 Å². The molecule has 0 aliphatic heterocycles. The van der Waals surface area contributed by atoms with Gasteiger partial charge < -0.3 is 32.8 Å². The molecule has 0 radical (unpaired) electrons. The molecule has 70 heavy (non-hydrogen) atoms. The van der Waals surface area contributed by atoms with E-state index >= 15 is 4.79 Å². The van der Waals surface area contributed by atoms with Crippen LogP contribution >= 0.6 is 0 Å². The van der Waals surface area contributed by atoms with Crippen LogP contribution in [-0.4, -0.2) is 39.2 Å². The number of carbonyl (C=O) groups is 3. The molecular formula is C59H60O11. The molecule has 2 aliphatic rings. The third-order valence-electron chi connectivity index (χ3n) is 14.6. The Morgan fingerprint density at radius 3 is 1.84 bits per heavy atom. The van der Waals surface area contributed by atoms with Crippen molar-refractivity contribution in [3.63, 3.8) is 0 Å². The van der Waals surface area contributed by atoms with Crippen molar-refractivity contribution >= 4 is 28.9 Å². The Balaban J connectivity index is 1.29. The first-order chi connectivity index (χ1) is 33.6. The van der Waals surface area contributed by atoms with Gasteiger partial charge in [0.1, 0.15) is 34.0 Å². The zero-order valence-corrected chi connectivity index (χ0v) is 41.0. The average Bonchev–Trinajstić information content (AvgIpc) is 3.36. The van der Waals surface area contributed by atoms with Crippen molar-refractivity contribution in [2.75, 3.05) is 21.3 Å². The van der Waals surface area contributed by atoms with E-state index in [1.165, 1.54) is 64.4 Å². The summed E-state index contributed by atoms with van der Waals surface area (Å²) in [6, 6.07) is 29.0. The number of benzene rings is 5. The third-order valence-corrected chi connectivity index (χ3v) is 14.6. The van der Waals surface area contributed by atoms with Gasteiger partial charge in [-0.3, -0.25) is 4.79 Å². The smallest absolute Gasteiger partial charge is 0.343 e. The summed E-state index contributed by atoms with van der Waals surface area (Å²) in [7, 11) is 4.57. The Morgan fingerprint density at radius 2 is 1.26 bits per heavy atom. The fraction of sp³-hybridized carbons (Fsp3) is 0.322. The molecule has 5 aromatic carbocycles. The molecule has 2 fully saturated rings. The quantitative estimate of drug-likeness (QED) is 0.0552. The van der Waals surface area contributed by atoms with Crippen LogP contribution in [0, 0.1) is 22.7 Å². The van der Waals surface area contributed by atoms with E-state index in [1.807, 2.05) is 6.08 Å². The van der Waals surface area contributed by atoms with Gasteiger partial charge in [0.05, 0.1) is 38.0 Å². The number of esters is 3. The van der Waals surface area contributed by atoms with Crippen LogP contribution in [0.1, 0.15) is 109 Å². The molecule has 2 aliphatic carbocycles. The molecule has 6 aromatic rings. The van der Waals surface area contributed by atoms with Crippen LogP contribution < -0.4 is 33.8 Å². The second-order valence-electron chi connectivity index (χ2n) is 19.3. The fourth-order valence-electron chi connectivity index (χ4n) is 10.8. The molecule has 0 N–H and O–H groups in total. The molecule has 1 aromatic heterocycles. The first-order valence-corrected chi connectivity index (χ1v) is 23.8. The monoisotopic (exact) mass is 944 g/mol. The lowest BCUT2D eigenvalue weighted by atomic mass is 9.47. The summed E-state index contributed by atoms with van der Waals surface area (Å²) in [4.78, 5) is 57.6. The van der Waals surface area contributed by atoms with Crippen LogP contribution in [0.15, 0.2) is 142 Å². The van der Waals surface area contributed by atoms with Gasteiger partial charge in [-0.05, 0) is 159 Å². The van der Waals surface area contributed by atoms with Crippen LogP contribution in [0.3, 0.4) is 0 Å². The molecule has 0 spiro atoms. The first kappa shape index (κ1) is 49.0. The van der Waals surface area contributed by atoms with Crippen LogP contribution in [0.25, 0.3) is 22.3 Å². The number of hydrogen-bond donors (Lipinski definition) is 0. The van der Waals surface area contributed by atoms with E-state index in [0.29, 0.717) is 34.6 Å². The van der Waals surface area contributed by atoms with Crippen LogP contribution in [0.5, 0.6) is 34.5 Å². The van der Waals surface area contributed by atoms with Crippen molar-refractivity contribution < 1.29 is 47.2 Å². The lowest BCUT2D eigenvalue weighted by Crippen LogP contribution is -2.49. The van der Waals surface area contributed by atoms with Gasteiger partial charge in [0.25, 0.3) is 0 Å². The van der Waals surface area contributed by atoms with Crippen molar-refractivity contribution in [1.29, 1.82) is 0 Å². The molecule has 1 heterocycles. The highest BCUT2D eigenvalue weighted by atomic mass is 16.6. The number of carbonyl (C=O) groups excluding carboxylic acids is 3. The van der Waals surface area contributed by atoms with Crippen molar-refractivity contribution in [3.8, 4) is 45.8 Å². The maximum atomic E-state index is 15.3. The highest BCUT2D eigenvalue weighted by Crippen LogP contribution is 2.62. The second kappa shape index (κ2) is 20.7. The van der Waals surface area contributed by atoms with Gasteiger partial charge in [-0.1, -0.05) is 69.2 Å². The van der Waals surface area contributed by atoms with Crippen molar-refractivity contribution in [2.45, 2.75) is 79.1 Å². The van der Waals surface area contributed by atoms with Gasteiger partial charge in [-0.25, -0.2) is 14.4 Å². The zero-order chi connectivity index (χ0) is 49.7. The molecule has 0 unspecified atom stereocenters. The van der Waals surface area contributed by atoms with Gasteiger partial charge in [0.15, 0.2) is 11.5 Å². The topological polar surface area (TPSA) is 137 Å². The van der Waals surface area contributed by atoms with Crippen LogP contribution in [0.2, 0.25) is 0 Å². The molecular weight excluding hydrogens is 885 g/mol. The van der Waals surface area contributed by atoms with Crippen molar-refractivity contribution in [3.05, 3.63) is 165 Å². The maximum absolute atomic E-state index is 15.3. The predicted molar refractivity (Wildman–Crippen MR) is 270 cm³/mol. The summed E-state index contributed by atoms with van der Waals surface area (Å²) in [5.74, 6) is -0.624. The molecule has 2 saturated carbocycles. The number of methoxy groups -OCH3 is 3. The zero-order valence-electron chi connectivity index (χ0n) is 41.0. The first-order valence-electron chi connectivity index (χ1n) is 23.8. The van der Waals surface area contributed by atoms with E-state index in [1.54, 1.807) is 91.0 Å². The minimum atomic E-state index is -0.819. The molecule has 0 amide bonds. The van der Waals surface area contributed by atoms with Gasteiger partial charge in [-0.15, -0.1) is 0 Å². The summed E-state index contributed by atoms with van der Waals surface area (Å²) >= 11 is 0. The van der Waals surface area contributed by atoms with Gasteiger partial charge in [-0.2, -0.15) is 0 Å². The average molecular weight is 945 g/mol. The van der Waals surface area contributed by atoms with Crippen LogP contribution in [-0.2, 0) is 6.42 Å². The van der Waals surface area contributed by atoms with E-state index in [-0.39, 0.29) is 67.7 Å². The van der Waals surface area contributed by atoms with Gasteiger partial charge in [0.2, 0.25) is 11.2 Å². The predicted octanol–water partition coefficient (Wildman–Crippen LogP) is 13.2.